The van der Waals surface area contributed by atoms with Crippen LogP contribution in [-0.4, -0.2) is 29.9 Å². The van der Waals surface area contributed by atoms with Crippen LogP contribution in [0.15, 0.2) is 0 Å². The Kier molecular flexibility index (Phi) is 4.26. The van der Waals surface area contributed by atoms with Gasteiger partial charge in [-0.2, -0.15) is 8.42 Å². The van der Waals surface area contributed by atoms with Gasteiger partial charge in [0.25, 0.3) is 10.1 Å². The normalized spacial score (nSPS) is 15.1. The molecule has 0 aromatic heterocycles. The van der Waals surface area contributed by atoms with Gasteiger partial charge in [-0.3, -0.25) is 4.55 Å². The fourth-order valence-corrected chi connectivity index (χ4v) is 2.31. The van der Waals surface area contributed by atoms with Crippen molar-refractivity contribution in [1.82, 2.24) is 0 Å². The molecule has 0 bridgehead atoms. The van der Waals surface area contributed by atoms with E-state index < -0.39 is 14.7 Å². The van der Waals surface area contributed by atoms with E-state index in [2.05, 4.69) is 0 Å². The molecule has 1 atom stereocenters. The lowest BCUT2D eigenvalue weighted by Crippen LogP contribution is -2.26. The van der Waals surface area contributed by atoms with Crippen molar-refractivity contribution < 1.29 is 13.0 Å². The van der Waals surface area contributed by atoms with Crippen LogP contribution in [0.2, 0.25) is 0 Å². The van der Waals surface area contributed by atoms with Crippen LogP contribution >= 0.6 is 11.8 Å². The maximum Gasteiger partial charge on any atom is 0.278 e. The van der Waals surface area contributed by atoms with Crippen LogP contribution in [0, 0.1) is 0 Å². The molecular formula is C4H11NO3S2. The molecule has 0 radical (unpaired) electrons. The Labute approximate surface area is 64.9 Å². The van der Waals surface area contributed by atoms with Gasteiger partial charge in [-0.05, 0) is 5.75 Å². The molecule has 0 fully saturated rings. The molecule has 0 heterocycles. The first-order valence-electron chi connectivity index (χ1n) is 2.80. The molecule has 0 aliphatic carbocycles. The first-order chi connectivity index (χ1) is 4.52. The van der Waals surface area contributed by atoms with Gasteiger partial charge in [0, 0.05) is 6.54 Å². The lowest BCUT2D eigenvalue weighted by Gasteiger charge is -2.07. The summed E-state index contributed by atoms with van der Waals surface area (Å²) in [4.78, 5) is 0. The summed E-state index contributed by atoms with van der Waals surface area (Å²) in [5, 5.41) is 0. The average molecular weight is 185 g/mol. The summed E-state index contributed by atoms with van der Waals surface area (Å²) >= 11 is 1.12. The first-order valence-corrected chi connectivity index (χ1v) is 5.35. The monoisotopic (exact) mass is 185 g/mol. The van der Waals surface area contributed by atoms with E-state index in [4.69, 9.17) is 10.3 Å². The zero-order chi connectivity index (χ0) is 8.20. The van der Waals surface area contributed by atoms with Crippen LogP contribution in [0.5, 0.6) is 0 Å². The van der Waals surface area contributed by atoms with Gasteiger partial charge in [0.2, 0.25) is 0 Å². The van der Waals surface area contributed by atoms with Gasteiger partial charge >= 0.3 is 0 Å². The summed E-state index contributed by atoms with van der Waals surface area (Å²) in [6, 6.07) is 0. The minimum atomic E-state index is -3.94. The lowest BCUT2D eigenvalue weighted by atomic mass is 10.8. The molecule has 0 aliphatic heterocycles. The summed E-state index contributed by atoms with van der Waals surface area (Å²) in [6.07, 6.45) is 0. The standard InChI is InChI=1S/C4H11NO3S2/c1-2-9-4(3-5)10(6,7)8/h4H,2-3,5H2,1H3,(H,6,7,8). The summed E-state index contributed by atoms with van der Waals surface area (Å²) in [6.45, 7) is 1.76. The molecule has 1 unspecified atom stereocenters. The van der Waals surface area contributed by atoms with Gasteiger partial charge in [-0.25, -0.2) is 0 Å². The van der Waals surface area contributed by atoms with Crippen molar-refractivity contribution in [3.63, 3.8) is 0 Å². The highest BCUT2D eigenvalue weighted by molar-refractivity contribution is 8.11. The summed E-state index contributed by atoms with van der Waals surface area (Å²) in [5.74, 6) is 0.627. The van der Waals surface area contributed by atoms with E-state index in [-0.39, 0.29) is 6.54 Å². The zero-order valence-corrected chi connectivity index (χ0v) is 7.28. The Morgan fingerprint density at radius 3 is 2.30 bits per heavy atom. The predicted molar refractivity (Wildman–Crippen MR) is 42.5 cm³/mol. The molecule has 6 heteroatoms. The van der Waals surface area contributed by atoms with Gasteiger partial charge in [-0.1, -0.05) is 6.92 Å². The third-order valence-electron chi connectivity index (χ3n) is 0.877. The number of rotatable bonds is 4. The van der Waals surface area contributed by atoms with Gasteiger partial charge < -0.3 is 5.73 Å². The van der Waals surface area contributed by atoms with Crippen molar-refractivity contribution in [2.45, 2.75) is 11.5 Å². The highest BCUT2D eigenvalue weighted by Crippen LogP contribution is 2.13. The molecule has 0 amide bonds. The molecule has 0 aliphatic rings. The quantitative estimate of drug-likeness (QED) is 0.598. The third kappa shape index (κ3) is 3.40. The highest BCUT2D eigenvalue weighted by atomic mass is 32.3. The average Bonchev–Trinajstić information content (AvgIpc) is 1.80. The Morgan fingerprint density at radius 1 is 1.70 bits per heavy atom. The molecule has 10 heavy (non-hydrogen) atoms. The van der Waals surface area contributed by atoms with Crippen molar-refractivity contribution in [3.05, 3.63) is 0 Å². The molecule has 0 aromatic carbocycles. The van der Waals surface area contributed by atoms with E-state index >= 15 is 0 Å². The van der Waals surface area contributed by atoms with Crippen LogP contribution in [-0.2, 0) is 10.1 Å². The largest absolute Gasteiger partial charge is 0.328 e. The van der Waals surface area contributed by atoms with Gasteiger partial charge in [0.1, 0.15) is 4.58 Å². The summed E-state index contributed by atoms with van der Waals surface area (Å²) < 4.78 is 28.4. The van der Waals surface area contributed by atoms with E-state index in [0.29, 0.717) is 5.75 Å². The fraction of sp³-hybridized carbons (Fsp3) is 1.00. The Balaban J connectivity index is 4.08. The minimum absolute atomic E-state index is 0.0443. The smallest absolute Gasteiger partial charge is 0.278 e. The first kappa shape index (κ1) is 10.2. The van der Waals surface area contributed by atoms with Crippen molar-refractivity contribution in [3.8, 4) is 0 Å². The van der Waals surface area contributed by atoms with Crippen LogP contribution in [0.3, 0.4) is 0 Å². The second kappa shape index (κ2) is 4.17. The zero-order valence-electron chi connectivity index (χ0n) is 5.65. The maximum absolute atomic E-state index is 10.4. The SMILES string of the molecule is CCSC(CN)S(=O)(=O)O. The maximum atomic E-state index is 10.4. The van der Waals surface area contributed by atoms with E-state index in [1.165, 1.54) is 0 Å². The predicted octanol–water partition coefficient (Wildman–Crippen LogP) is -0.0879. The van der Waals surface area contributed by atoms with Gasteiger partial charge in [0.05, 0.1) is 0 Å². The Bertz CT molecular complexity index is 177. The molecule has 0 rings (SSSR count). The van der Waals surface area contributed by atoms with E-state index in [1.807, 2.05) is 0 Å². The lowest BCUT2D eigenvalue weighted by molar-refractivity contribution is 0.480. The molecule has 4 nitrogen and oxygen atoms in total. The second-order valence-electron chi connectivity index (χ2n) is 1.64. The number of thioether (sulfide) groups is 1. The molecule has 62 valence electrons. The van der Waals surface area contributed by atoms with E-state index in [9.17, 15) is 8.42 Å². The molecule has 0 saturated carbocycles. The summed E-state index contributed by atoms with van der Waals surface area (Å²) in [5.41, 5.74) is 5.08. The van der Waals surface area contributed by atoms with Crippen molar-refractivity contribution in [2.24, 2.45) is 5.73 Å². The summed E-state index contributed by atoms with van der Waals surface area (Å²) in [7, 11) is -3.94. The van der Waals surface area contributed by atoms with Gasteiger partial charge in [0.15, 0.2) is 0 Å². The van der Waals surface area contributed by atoms with Crippen LogP contribution in [0.25, 0.3) is 0 Å². The third-order valence-corrected chi connectivity index (χ3v) is 3.77. The number of hydrogen-bond acceptors (Lipinski definition) is 4. The molecule has 0 saturated heterocycles. The minimum Gasteiger partial charge on any atom is -0.328 e. The van der Waals surface area contributed by atoms with Crippen molar-refractivity contribution in [1.29, 1.82) is 0 Å². The van der Waals surface area contributed by atoms with Crippen LogP contribution < -0.4 is 5.73 Å². The fourth-order valence-electron chi connectivity index (χ4n) is 0.462. The topological polar surface area (TPSA) is 80.4 Å². The second-order valence-corrected chi connectivity index (χ2v) is 5.01. The molecule has 0 spiro atoms. The highest BCUT2D eigenvalue weighted by Gasteiger charge is 2.20. The van der Waals surface area contributed by atoms with Crippen molar-refractivity contribution >= 4 is 21.9 Å². The molecule has 0 aromatic rings. The molecule has 3 N–H and O–H groups in total. The molecular weight excluding hydrogens is 174 g/mol. The van der Waals surface area contributed by atoms with Crippen LogP contribution in [0.4, 0.5) is 0 Å². The number of hydrogen-bond donors (Lipinski definition) is 2. The number of nitrogens with two attached hydrogens (primary N) is 1. The Morgan fingerprint density at radius 2 is 2.20 bits per heavy atom. The van der Waals surface area contributed by atoms with E-state index in [0.717, 1.165) is 11.8 Å². The van der Waals surface area contributed by atoms with E-state index in [1.54, 1.807) is 6.92 Å². The van der Waals surface area contributed by atoms with Gasteiger partial charge in [-0.15, -0.1) is 11.8 Å². The van der Waals surface area contributed by atoms with Crippen molar-refractivity contribution in [2.75, 3.05) is 12.3 Å². The van der Waals surface area contributed by atoms with Crippen LogP contribution in [0.1, 0.15) is 6.92 Å². The Hall–Kier alpha value is 0.220.